The van der Waals surface area contributed by atoms with E-state index in [2.05, 4.69) is 41.9 Å². The molecule has 10 heteroatoms. The number of rotatable bonds is 4. The molecule has 1 aliphatic heterocycles. The summed E-state index contributed by atoms with van der Waals surface area (Å²) in [6.07, 6.45) is 4.44. The highest BCUT2D eigenvalue weighted by Gasteiger charge is 2.56. The maximum absolute atomic E-state index is 13.9. The number of anilines is 1. The quantitative estimate of drug-likeness (QED) is 0.305. The number of carbonyl (C=O) groups excluding carboxylic acids is 1. The van der Waals surface area contributed by atoms with Crippen molar-refractivity contribution in [2.75, 3.05) is 18.4 Å². The number of amides is 1. The van der Waals surface area contributed by atoms with Gasteiger partial charge in [0.1, 0.15) is 0 Å². The smallest absolute Gasteiger partial charge is 0.407 e. The summed E-state index contributed by atoms with van der Waals surface area (Å²) >= 11 is 0. The van der Waals surface area contributed by atoms with E-state index in [-0.39, 0.29) is 45.6 Å². The van der Waals surface area contributed by atoms with Gasteiger partial charge in [0.2, 0.25) is 11.8 Å². The minimum absolute atomic E-state index is 0.00538. The summed E-state index contributed by atoms with van der Waals surface area (Å²) in [4.78, 5) is 21.4. The molecular formula is C36H46N4O5S. The molecule has 6 rings (SSSR count). The van der Waals surface area contributed by atoms with Crippen LogP contribution in [0.2, 0.25) is 0 Å². The number of alkyl carbamates (subject to hydrolysis) is 1. The fourth-order valence-electron chi connectivity index (χ4n) is 8.33. The third-order valence-corrected chi connectivity index (χ3v) is 11.5. The van der Waals surface area contributed by atoms with Crippen LogP contribution in [0.5, 0.6) is 5.88 Å². The molecule has 2 atom stereocenters. The lowest BCUT2D eigenvalue weighted by molar-refractivity contribution is -0.0689. The maximum Gasteiger partial charge on any atom is 0.407 e. The highest BCUT2D eigenvalue weighted by molar-refractivity contribution is 7.92. The van der Waals surface area contributed by atoms with Crippen LogP contribution in [0.25, 0.3) is 11.3 Å². The van der Waals surface area contributed by atoms with Gasteiger partial charge in [-0.3, -0.25) is 0 Å². The van der Waals surface area contributed by atoms with E-state index >= 15 is 0 Å². The van der Waals surface area contributed by atoms with Crippen LogP contribution in [-0.2, 0) is 14.8 Å². The van der Waals surface area contributed by atoms with E-state index in [1.807, 2.05) is 51.1 Å². The number of methoxy groups -OCH3 is 1. The molecule has 3 aromatic rings. The van der Waals surface area contributed by atoms with Gasteiger partial charge in [0.05, 0.1) is 24.3 Å². The van der Waals surface area contributed by atoms with E-state index in [9.17, 15) is 13.2 Å². The second-order valence-corrected chi connectivity index (χ2v) is 16.7. The van der Waals surface area contributed by atoms with E-state index in [0.717, 1.165) is 59.9 Å². The van der Waals surface area contributed by atoms with E-state index < -0.39 is 10.0 Å². The van der Waals surface area contributed by atoms with Gasteiger partial charge in [-0.15, -0.1) is 0 Å². The van der Waals surface area contributed by atoms with Crippen molar-refractivity contribution in [1.82, 2.24) is 15.3 Å². The van der Waals surface area contributed by atoms with Crippen LogP contribution >= 0.6 is 0 Å². The Balaban J connectivity index is 1.40. The molecule has 1 spiro atoms. The third kappa shape index (κ3) is 6.33. The zero-order valence-corrected chi connectivity index (χ0v) is 28.8. The van der Waals surface area contributed by atoms with Gasteiger partial charge in [-0.25, -0.2) is 22.9 Å². The normalized spacial score (nSPS) is 26.7. The predicted octanol–water partition coefficient (Wildman–Crippen LogP) is 7.31. The van der Waals surface area contributed by atoms with Gasteiger partial charge in [-0.2, -0.15) is 4.98 Å². The molecule has 2 saturated carbocycles. The molecule has 246 valence electrons. The molecule has 0 saturated heterocycles. The highest BCUT2D eigenvalue weighted by Crippen LogP contribution is 2.63. The van der Waals surface area contributed by atoms with Crippen LogP contribution in [0.1, 0.15) is 81.0 Å². The summed E-state index contributed by atoms with van der Waals surface area (Å²) in [5.74, 6) is 0.948. The first-order valence-corrected chi connectivity index (χ1v) is 17.7. The van der Waals surface area contributed by atoms with Crippen molar-refractivity contribution >= 4 is 22.1 Å². The van der Waals surface area contributed by atoms with Crippen molar-refractivity contribution in [1.29, 1.82) is 0 Å². The Morgan fingerprint density at radius 3 is 2.37 bits per heavy atom. The summed E-state index contributed by atoms with van der Waals surface area (Å²) < 4.78 is 41.8. The van der Waals surface area contributed by atoms with Gasteiger partial charge in [0, 0.05) is 23.1 Å². The van der Waals surface area contributed by atoms with Gasteiger partial charge >= 0.3 is 6.09 Å². The summed E-state index contributed by atoms with van der Waals surface area (Å²) in [6, 6.07) is 13.6. The number of carbonyl (C=O) groups is 1. The lowest BCUT2D eigenvalue weighted by Gasteiger charge is -2.60. The Kier molecular flexibility index (Phi) is 8.32. The SMILES string of the molecule is COC(=O)NC1CC2(C1)CC(C1c3cccc(c3)S(=O)(=O)Nc3nc(c(C)c(-c4c(C)cccc4C)n3)OC[C@H]1CC(C)(C)C)C2. The van der Waals surface area contributed by atoms with E-state index in [1.165, 1.54) is 7.11 Å². The number of aryl methyl sites for hydroxylation is 2. The minimum Gasteiger partial charge on any atom is -0.477 e. The maximum atomic E-state index is 13.9. The fraction of sp³-hybridized carbons (Fsp3) is 0.528. The molecule has 0 radical (unpaired) electrons. The summed E-state index contributed by atoms with van der Waals surface area (Å²) in [7, 11) is -2.60. The zero-order valence-electron chi connectivity index (χ0n) is 27.9. The number of hydrogen-bond acceptors (Lipinski definition) is 7. The molecule has 2 heterocycles. The molecule has 1 unspecified atom stereocenters. The Bertz CT molecular complexity index is 1730. The Hall–Kier alpha value is -3.66. The Labute approximate surface area is 273 Å². The third-order valence-electron chi connectivity index (χ3n) is 10.2. The fourth-order valence-corrected chi connectivity index (χ4v) is 9.32. The molecule has 1 amide bonds. The number of nitrogens with zero attached hydrogens (tertiary/aromatic N) is 2. The number of benzene rings is 2. The summed E-state index contributed by atoms with van der Waals surface area (Å²) in [5.41, 5.74) is 5.71. The molecular weight excluding hydrogens is 600 g/mol. The number of aromatic nitrogens is 2. The van der Waals surface area contributed by atoms with Crippen molar-refractivity contribution in [3.63, 3.8) is 0 Å². The monoisotopic (exact) mass is 646 g/mol. The van der Waals surface area contributed by atoms with Gasteiger partial charge in [-0.05, 0) is 104 Å². The van der Waals surface area contributed by atoms with Crippen molar-refractivity contribution in [2.45, 2.75) is 90.5 Å². The number of sulfonamides is 1. The second kappa shape index (κ2) is 11.9. The molecule has 3 aliphatic rings. The molecule has 2 fully saturated rings. The van der Waals surface area contributed by atoms with Crippen LogP contribution in [0, 0.1) is 43.4 Å². The average Bonchev–Trinajstić information content (AvgIpc) is 2.93. The molecule has 2 N–H and O–H groups in total. The van der Waals surface area contributed by atoms with Crippen LogP contribution in [0.4, 0.5) is 10.7 Å². The molecule has 2 aromatic carbocycles. The number of nitrogens with one attached hydrogen (secondary N) is 2. The number of ether oxygens (including phenoxy) is 2. The predicted molar refractivity (Wildman–Crippen MR) is 178 cm³/mol. The van der Waals surface area contributed by atoms with Crippen molar-refractivity contribution in [3.8, 4) is 17.1 Å². The van der Waals surface area contributed by atoms with E-state index in [4.69, 9.17) is 14.5 Å². The van der Waals surface area contributed by atoms with Gasteiger partial charge in [0.15, 0.2) is 0 Å². The molecule has 1 aromatic heterocycles. The van der Waals surface area contributed by atoms with Gasteiger partial charge < -0.3 is 14.8 Å². The van der Waals surface area contributed by atoms with Crippen molar-refractivity contribution in [3.05, 3.63) is 64.7 Å². The van der Waals surface area contributed by atoms with Crippen LogP contribution in [-0.4, -0.2) is 44.2 Å². The summed E-state index contributed by atoms with van der Waals surface area (Å²) in [6.45, 7) is 13.2. The van der Waals surface area contributed by atoms with Crippen molar-refractivity contribution in [2.24, 2.45) is 22.7 Å². The number of fused-ring (bicyclic) bond motifs is 4. The second-order valence-electron chi connectivity index (χ2n) is 15.0. The lowest BCUT2D eigenvalue weighted by atomic mass is 9.46. The summed E-state index contributed by atoms with van der Waals surface area (Å²) in [5, 5.41) is 2.95. The first-order chi connectivity index (χ1) is 21.7. The van der Waals surface area contributed by atoms with Crippen molar-refractivity contribution < 1.29 is 22.7 Å². The first kappa shape index (κ1) is 32.3. The van der Waals surface area contributed by atoms with Gasteiger partial charge in [-0.1, -0.05) is 51.1 Å². The van der Waals surface area contributed by atoms with Gasteiger partial charge in [0.25, 0.3) is 10.0 Å². The molecule has 46 heavy (non-hydrogen) atoms. The highest BCUT2D eigenvalue weighted by atomic mass is 32.2. The topological polar surface area (TPSA) is 120 Å². The first-order valence-electron chi connectivity index (χ1n) is 16.2. The molecule has 4 bridgehead atoms. The van der Waals surface area contributed by atoms with Crippen LogP contribution in [0.15, 0.2) is 47.4 Å². The Morgan fingerprint density at radius 1 is 1.04 bits per heavy atom. The lowest BCUT2D eigenvalue weighted by Crippen LogP contribution is -2.57. The molecule has 2 aliphatic carbocycles. The van der Waals surface area contributed by atoms with Crippen LogP contribution in [0.3, 0.4) is 0 Å². The number of hydrogen-bond donors (Lipinski definition) is 2. The van der Waals surface area contributed by atoms with E-state index in [0.29, 0.717) is 24.1 Å². The minimum atomic E-state index is -3.99. The van der Waals surface area contributed by atoms with E-state index in [1.54, 1.807) is 6.07 Å². The zero-order chi connectivity index (χ0) is 33.0. The average molecular weight is 647 g/mol. The Morgan fingerprint density at radius 2 is 1.72 bits per heavy atom. The molecule has 9 nitrogen and oxygen atoms in total. The van der Waals surface area contributed by atoms with Crippen LogP contribution < -0.4 is 14.8 Å². The largest absolute Gasteiger partial charge is 0.477 e. The standard InChI is InChI=1S/C36H46N4O5S/c1-21-10-8-11-22(2)29(21)31-23(3)32-39-33(38-31)40-46(42,43)28-13-9-12-24(14-28)30(26(20-45-32)15-35(4,5)6)25-16-36(17-25)18-27(19-36)37-34(41)44-7/h8-14,25-27,30H,15-20H2,1-7H3,(H,37,41)(H,38,39,40)/t25?,26-,27?,30?,36?/m1/s1.